The van der Waals surface area contributed by atoms with Gasteiger partial charge in [-0.2, -0.15) is 0 Å². The second kappa shape index (κ2) is 11.0. The van der Waals surface area contributed by atoms with Crippen molar-refractivity contribution in [2.75, 3.05) is 46.9 Å². The van der Waals surface area contributed by atoms with E-state index in [1.807, 2.05) is 54.6 Å². The standard InChI is InChI=1S/C26H31N3O4S/c1-28-16-18-29(19-17-28)25(24-10-6-7-11-26(24)32-2)20-27-34(30,31)23-14-12-22(13-15-23)33-21-8-4-3-5-9-21/h3-15,25,27H,16-20H2,1-2H3. The summed E-state index contributed by atoms with van der Waals surface area (Å²) in [5, 5.41) is 0. The molecule has 0 aromatic heterocycles. The summed E-state index contributed by atoms with van der Waals surface area (Å²) in [4.78, 5) is 4.79. The normalized spacial score (nSPS) is 16.2. The molecule has 34 heavy (non-hydrogen) atoms. The maximum atomic E-state index is 13.1. The molecule has 0 aliphatic carbocycles. The molecule has 1 aliphatic heterocycles. The predicted molar refractivity (Wildman–Crippen MR) is 133 cm³/mol. The number of methoxy groups -OCH3 is 1. The van der Waals surface area contributed by atoms with E-state index in [9.17, 15) is 8.42 Å². The van der Waals surface area contributed by atoms with Gasteiger partial charge in [0, 0.05) is 38.3 Å². The van der Waals surface area contributed by atoms with Crippen LogP contribution in [0, 0.1) is 0 Å². The summed E-state index contributed by atoms with van der Waals surface area (Å²) in [6.45, 7) is 3.82. The number of rotatable bonds is 9. The summed E-state index contributed by atoms with van der Waals surface area (Å²) >= 11 is 0. The van der Waals surface area contributed by atoms with Gasteiger partial charge in [0.25, 0.3) is 0 Å². The van der Waals surface area contributed by atoms with Gasteiger partial charge in [-0.05, 0) is 49.5 Å². The molecule has 3 aromatic rings. The Morgan fingerprint density at radius 2 is 1.47 bits per heavy atom. The second-order valence-corrected chi connectivity index (χ2v) is 10.1. The zero-order valence-corrected chi connectivity index (χ0v) is 20.4. The minimum atomic E-state index is -3.71. The third kappa shape index (κ3) is 5.95. The van der Waals surface area contributed by atoms with E-state index in [2.05, 4.69) is 21.6 Å². The van der Waals surface area contributed by atoms with Gasteiger partial charge in [0.2, 0.25) is 10.0 Å². The van der Waals surface area contributed by atoms with Crippen LogP contribution < -0.4 is 14.2 Å². The van der Waals surface area contributed by atoms with Crippen LogP contribution in [0.2, 0.25) is 0 Å². The Balaban J connectivity index is 1.49. The van der Waals surface area contributed by atoms with E-state index < -0.39 is 10.0 Å². The van der Waals surface area contributed by atoms with Crippen LogP contribution in [0.4, 0.5) is 0 Å². The average molecular weight is 482 g/mol. The lowest BCUT2D eigenvalue weighted by molar-refractivity contribution is 0.111. The molecule has 0 saturated carbocycles. The van der Waals surface area contributed by atoms with E-state index in [-0.39, 0.29) is 17.5 Å². The fraction of sp³-hybridized carbons (Fsp3) is 0.308. The quantitative estimate of drug-likeness (QED) is 0.502. The molecule has 0 amide bonds. The van der Waals surface area contributed by atoms with Gasteiger partial charge in [0.05, 0.1) is 18.0 Å². The highest BCUT2D eigenvalue weighted by molar-refractivity contribution is 7.89. The highest BCUT2D eigenvalue weighted by Crippen LogP contribution is 2.30. The minimum Gasteiger partial charge on any atom is -0.496 e. The van der Waals surface area contributed by atoms with Crippen LogP contribution in [0.25, 0.3) is 0 Å². The van der Waals surface area contributed by atoms with Crippen molar-refractivity contribution in [1.82, 2.24) is 14.5 Å². The van der Waals surface area contributed by atoms with Crippen molar-refractivity contribution in [3.05, 3.63) is 84.4 Å². The fourth-order valence-electron chi connectivity index (χ4n) is 4.09. The summed E-state index contributed by atoms with van der Waals surface area (Å²) in [5.41, 5.74) is 0.976. The Kier molecular flexibility index (Phi) is 7.84. The Morgan fingerprint density at radius 3 is 2.15 bits per heavy atom. The molecular formula is C26H31N3O4S. The van der Waals surface area contributed by atoms with Gasteiger partial charge in [0.1, 0.15) is 17.2 Å². The monoisotopic (exact) mass is 481 g/mol. The number of nitrogens with zero attached hydrogens (tertiary/aromatic N) is 2. The van der Waals surface area contributed by atoms with Crippen LogP contribution in [0.15, 0.2) is 83.8 Å². The lowest BCUT2D eigenvalue weighted by Gasteiger charge is -2.38. The molecule has 4 rings (SSSR count). The van der Waals surface area contributed by atoms with Gasteiger partial charge in [-0.25, -0.2) is 13.1 Å². The van der Waals surface area contributed by atoms with Crippen molar-refractivity contribution in [2.45, 2.75) is 10.9 Å². The zero-order chi connectivity index (χ0) is 24.0. The molecule has 1 atom stereocenters. The minimum absolute atomic E-state index is 0.139. The molecule has 180 valence electrons. The Bertz CT molecular complexity index is 1160. The fourth-order valence-corrected chi connectivity index (χ4v) is 5.13. The smallest absolute Gasteiger partial charge is 0.240 e. The van der Waals surface area contributed by atoms with Crippen LogP contribution in [-0.4, -0.2) is 65.1 Å². The van der Waals surface area contributed by atoms with E-state index >= 15 is 0 Å². The molecule has 0 radical (unpaired) electrons. The second-order valence-electron chi connectivity index (χ2n) is 8.34. The summed E-state index contributed by atoms with van der Waals surface area (Å²) in [6, 6.07) is 23.5. The van der Waals surface area contributed by atoms with Crippen LogP contribution in [0.1, 0.15) is 11.6 Å². The first-order valence-corrected chi connectivity index (χ1v) is 12.8. The first kappa shape index (κ1) is 24.2. The predicted octanol–water partition coefficient (Wildman–Crippen LogP) is 3.75. The van der Waals surface area contributed by atoms with Crippen LogP contribution in [-0.2, 0) is 10.0 Å². The third-order valence-electron chi connectivity index (χ3n) is 6.06. The molecule has 7 nitrogen and oxygen atoms in total. The molecule has 1 heterocycles. The van der Waals surface area contributed by atoms with E-state index in [4.69, 9.17) is 9.47 Å². The van der Waals surface area contributed by atoms with Crippen molar-refractivity contribution in [3.8, 4) is 17.2 Å². The molecule has 3 aromatic carbocycles. The number of ether oxygens (including phenoxy) is 2. The molecule has 1 saturated heterocycles. The molecule has 8 heteroatoms. The Morgan fingerprint density at radius 1 is 0.853 bits per heavy atom. The number of para-hydroxylation sites is 2. The number of likely N-dealkylation sites (N-methyl/N-ethyl adjacent to an activating group) is 1. The van der Waals surface area contributed by atoms with E-state index in [1.165, 1.54) is 0 Å². The first-order valence-electron chi connectivity index (χ1n) is 11.3. The first-order chi connectivity index (χ1) is 16.5. The van der Waals surface area contributed by atoms with Gasteiger partial charge >= 0.3 is 0 Å². The van der Waals surface area contributed by atoms with Gasteiger partial charge in [-0.1, -0.05) is 36.4 Å². The van der Waals surface area contributed by atoms with Crippen molar-refractivity contribution < 1.29 is 17.9 Å². The number of hydrogen-bond donors (Lipinski definition) is 1. The summed E-state index contributed by atoms with van der Waals surface area (Å²) < 4.78 is 40.4. The molecule has 1 N–H and O–H groups in total. The largest absolute Gasteiger partial charge is 0.496 e. The van der Waals surface area contributed by atoms with E-state index in [0.717, 1.165) is 37.5 Å². The Hall–Kier alpha value is -2.91. The summed E-state index contributed by atoms with van der Waals surface area (Å²) in [5.74, 6) is 2.03. The summed E-state index contributed by atoms with van der Waals surface area (Å²) in [6.07, 6.45) is 0. The van der Waals surface area contributed by atoms with Gasteiger partial charge < -0.3 is 14.4 Å². The van der Waals surface area contributed by atoms with Crippen molar-refractivity contribution >= 4 is 10.0 Å². The Labute approximate surface area is 202 Å². The third-order valence-corrected chi connectivity index (χ3v) is 7.50. The number of hydrogen-bond acceptors (Lipinski definition) is 6. The van der Waals surface area contributed by atoms with E-state index in [0.29, 0.717) is 11.5 Å². The van der Waals surface area contributed by atoms with E-state index in [1.54, 1.807) is 31.4 Å². The lowest BCUT2D eigenvalue weighted by atomic mass is 10.0. The maximum Gasteiger partial charge on any atom is 0.240 e. The van der Waals surface area contributed by atoms with Crippen molar-refractivity contribution in [3.63, 3.8) is 0 Å². The van der Waals surface area contributed by atoms with Crippen LogP contribution in [0.3, 0.4) is 0 Å². The zero-order valence-electron chi connectivity index (χ0n) is 19.6. The van der Waals surface area contributed by atoms with Crippen LogP contribution in [0.5, 0.6) is 17.2 Å². The van der Waals surface area contributed by atoms with Crippen LogP contribution >= 0.6 is 0 Å². The SMILES string of the molecule is COc1ccccc1C(CNS(=O)(=O)c1ccc(Oc2ccccc2)cc1)N1CCN(C)CC1. The maximum absolute atomic E-state index is 13.1. The van der Waals surface area contributed by atoms with Crippen molar-refractivity contribution in [2.24, 2.45) is 0 Å². The van der Waals surface area contributed by atoms with Crippen molar-refractivity contribution in [1.29, 1.82) is 0 Å². The number of sulfonamides is 1. The molecule has 1 aliphatic rings. The lowest BCUT2D eigenvalue weighted by Crippen LogP contribution is -2.48. The average Bonchev–Trinajstić information content (AvgIpc) is 2.86. The topological polar surface area (TPSA) is 71.1 Å². The highest BCUT2D eigenvalue weighted by atomic mass is 32.2. The molecule has 0 spiro atoms. The highest BCUT2D eigenvalue weighted by Gasteiger charge is 2.28. The summed E-state index contributed by atoms with van der Waals surface area (Å²) in [7, 11) is 0.0371. The van der Waals surface area contributed by atoms with Gasteiger partial charge in [-0.15, -0.1) is 0 Å². The molecule has 0 bridgehead atoms. The number of piperazine rings is 1. The molecule has 1 unspecified atom stereocenters. The molecular weight excluding hydrogens is 450 g/mol. The number of nitrogens with one attached hydrogen (secondary N) is 1. The van der Waals surface area contributed by atoms with Gasteiger partial charge in [-0.3, -0.25) is 4.90 Å². The van der Waals surface area contributed by atoms with Gasteiger partial charge in [0.15, 0.2) is 0 Å². The number of benzene rings is 3. The molecule has 1 fully saturated rings.